The van der Waals surface area contributed by atoms with Gasteiger partial charge in [0.05, 0.1) is 13.1 Å². The molecule has 4 rings (SSSR count). The minimum Gasteiger partial charge on any atom is -0.333 e. The Morgan fingerprint density at radius 1 is 1.14 bits per heavy atom. The Bertz CT molecular complexity index is 1110. The number of urea groups is 1. The van der Waals surface area contributed by atoms with E-state index in [1.165, 1.54) is 17.1 Å². The number of benzene rings is 2. The van der Waals surface area contributed by atoms with E-state index >= 15 is 0 Å². The van der Waals surface area contributed by atoms with Crippen LogP contribution in [0.25, 0.3) is 0 Å². The third-order valence-electron chi connectivity index (χ3n) is 6.33. The van der Waals surface area contributed by atoms with Gasteiger partial charge < -0.3 is 15.1 Å². The number of nitrogens with one attached hydrogen (secondary N) is 1. The lowest BCUT2D eigenvalue weighted by Crippen LogP contribution is -2.76. The van der Waals surface area contributed by atoms with Crippen LogP contribution in [-0.2, 0) is 22.7 Å². The van der Waals surface area contributed by atoms with Crippen molar-refractivity contribution in [1.29, 1.82) is 0 Å². The first kappa shape index (κ1) is 24.9. The van der Waals surface area contributed by atoms with Crippen molar-refractivity contribution in [3.63, 3.8) is 0 Å². The minimum atomic E-state index is -0.693. The average Bonchev–Trinajstić information content (AvgIpc) is 2.79. The van der Waals surface area contributed by atoms with Crippen molar-refractivity contribution in [2.45, 2.75) is 39.1 Å². The number of fused-ring (bicyclic) bond motifs is 1. The Morgan fingerprint density at radius 2 is 1.86 bits per heavy atom. The van der Waals surface area contributed by atoms with E-state index in [0.29, 0.717) is 11.6 Å². The van der Waals surface area contributed by atoms with Gasteiger partial charge in [-0.25, -0.2) is 19.2 Å². The Labute approximate surface area is 209 Å². The number of hydrazine groups is 1. The minimum absolute atomic E-state index is 0.0226. The molecule has 2 aromatic rings. The van der Waals surface area contributed by atoms with Crippen molar-refractivity contribution in [3.8, 4) is 0 Å². The van der Waals surface area contributed by atoms with Crippen molar-refractivity contribution in [2.24, 2.45) is 5.92 Å². The van der Waals surface area contributed by atoms with Gasteiger partial charge in [-0.2, -0.15) is 0 Å². The van der Waals surface area contributed by atoms with E-state index in [-0.39, 0.29) is 43.2 Å². The van der Waals surface area contributed by atoms with Gasteiger partial charge in [-0.3, -0.25) is 9.59 Å². The van der Waals surface area contributed by atoms with Gasteiger partial charge in [-0.1, -0.05) is 49.7 Å². The van der Waals surface area contributed by atoms with E-state index in [0.717, 1.165) is 11.1 Å². The number of nitrogens with zero attached hydrogens (tertiary/aromatic N) is 4. The Morgan fingerprint density at radius 3 is 2.51 bits per heavy atom. The summed E-state index contributed by atoms with van der Waals surface area (Å²) in [5.41, 5.74) is 1.61. The van der Waals surface area contributed by atoms with Gasteiger partial charge in [0, 0.05) is 25.2 Å². The van der Waals surface area contributed by atoms with Crippen LogP contribution < -0.4 is 5.32 Å². The number of hydrogen-bond acceptors (Lipinski definition) is 4. The van der Waals surface area contributed by atoms with Gasteiger partial charge in [0.25, 0.3) is 0 Å². The predicted octanol–water partition coefficient (Wildman–Crippen LogP) is 3.07. The summed E-state index contributed by atoms with van der Waals surface area (Å²) in [6.07, 6.45) is -0.668. The van der Waals surface area contributed by atoms with Crippen LogP contribution in [0.5, 0.6) is 0 Å². The Balaban J connectivity index is 1.60. The molecule has 1 N–H and O–H groups in total. The van der Waals surface area contributed by atoms with Crippen molar-refractivity contribution in [1.82, 2.24) is 25.1 Å². The fourth-order valence-corrected chi connectivity index (χ4v) is 4.93. The SMILES string of the molecule is CC(C)[C@H]1C(=O)N(Cc2cccc(Cl)c2)C[C@H]2N1C(=O)CN(C)N2C(=O)NCc1ccc(F)cc1. The van der Waals surface area contributed by atoms with Crippen LogP contribution in [0.3, 0.4) is 0 Å². The fourth-order valence-electron chi connectivity index (χ4n) is 4.72. The van der Waals surface area contributed by atoms with E-state index < -0.39 is 18.2 Å². The molecule has 8 nitrogen and oxygen atoms in total. The maximum absolute atomic E-state index is 13.5. The van der Waals surface area contributed by atoms with Crippen LogP contribution in [0.15, 0.2) is 48.5 Å². The van der Waals surface area contributed by atoms with Crippen LogP contribution >= 0.6 is 11.6 Å². The number of likely N-dealkylation sites (N-methyl/N-ethyl adjacent to an activating group) is 1. The fraction of sp³-hybridized carbons (Fsp3) is 0.400. The van der Waals surface area contributed by atoms with Gasteiger partial charge in [-0.05, 0) is 41.3 Å². The maximum Gasteiger partial charge on any atom is 0.334 e. The summed E-state index contributed by atoms with van der Waals surface area (Å²) < 4.78 is 13.2. The highest BCUT2D eigenvalue weighted by molar-refractivity contribution is 6.30. The van der Waals surface area contributed by atoms with Gasteiger partial charge in [-0.15, -0.1) is 0 Å². The first-order valence-electron chi connectivity index (χ1n) is 11.5. The molecule has 2 fully saturated rings. The third kappa shape index (κ3) is 5.26. The molecule has 0 radical (unpaired) electrons. The number of rotatable bonds is 5. The average molecular weight is 502 g/mol. The summed E-state index contributed by atoms with van der Waals surface area (Å²) in [7, 11) is 1.68. The molecule has 186 valence electrons. The summed E-state index contributed by atoms with van der Waals surface area (Å²) >= 11 is 6.14. The van der Waals surface area contributed by atoms with E-state index in [1.807, 2.05) is 26.0 Å². The predicted molar refractivity (Wildman–Crippen MR) is 129 cm³/mol. The largest absolute Gasteiger partial charge is 0.334 e. The highest BCUT2D eigenvalue weighted by Crippen LogP contribution is 2.30. The first-order valence-corrected chi connectivity index (χ1v) is 11.9. The number of hydrogen-bond donors (Lipinski definition) is 1. The van der Waals surface area contributed by atoms with Crippen LogP contribution in [0.1, 0.15) is 25.0 Å². The molecular weight excluding hydrogens is 473 g/mol. The normalized spacial score (nSPS) is 20.9. The van der Waals surface area contributed by atoms with Gasteiger partial charge in [0.1, 0.15) is 18.0 Å². The molecule has 0 aromatic heterocycles. The molecule has 0 aliphatic carbocycles. The van der Waals surface area contributed by atoms with Crippen molar-refractivity contribution in [3.05, 3.63) is 70.5 Å². The molecule has 2 atom stereocenters. The van der Waals surface area contributed by atoms with E-state index in [2.05, 4.69) is 5.32 Å². The van der Waals surface area contributed by atoms with Gasteiger partial charge >= 0.3 is 6.03 Å². The van der Waals surface area contributed by atoms with Gasteiger partial charge in [0.2, 0.25) is 11.8 Å². The summed E-state index contributed by atoms with van der Waals surface area (Å²) in [5, 5.41) is 6.51. The summed E-state index contributed by atoms with van der Waals surface area (Å²) in [4.78, 5) is 43.1. The van der Waals surface area contributed by atoms with Crippen molar-refractivity contribution >= 4 is 29.4 Å². The second-order valence-electron chi connectivity index (χ2n) is 9.26. The molecule has 35 heavy (non-hydrogen) atoms. The molecule has 2 heterocycles. The zero-order valence-electron chi connectivity index (χ0n) is 19.9. The zero-order valence-corrected chi connectivity index (χ0v) is 20.7. The monoisotopic (exact) mass is 501 g/mol. The first-order chi connectivity index (χ1) is 16.7. The maximum atomic E-state index is 13.5. The molecule has 0 bridgehead atoms. The molecule has 2 aliphatic rings. The summed E-state index contributed by atoms with van der Waals surface area (Å²) in [5.74, 6) is -0.852. The van der Waals surface area contributed by atoms with Crippen LogP contribution in [0.2, 0.25) is 5.02 Å². The molecule has 10 heteroatoms. The summed E-state index contributed by atoms with van der Waals surface area (Å²) in [6, 6.07) is 12.1. The number of piperazine rings is 1. The van der Waals surface area contributed by atoms with Crippen LogP contribution in [0.4, 0.5) is 9.18 Å². The molecule has 0 unspecified atom stereocenters. The molecule has 0 spiro atoms. The number of carbonyl (C=O) groups excluding carboxylic acids is 3. The van der Waals surface area contributed by atoms with Crippen LogP contribution in [-0.4, -0.2) is 70.0 Å². The molecule has 4 amide bonds. The number of carbonyl (C=O) groups is 3. The number of amides is 4. The molecule has 2 saturated heterocycles. The number of halogens is 2. The standard InChI is InChI=1S/C25H29ClFN5O3/c1-16(2)23-24(34)30(13-18-5-4-6-19(26)11-18)14-21-31(23)22(33)15-29(3)32(21)25(35)28-12-17-7-9-20(27)10-8-17/h4-11,16,21,23H,12-15H2,1-3H3,(H,28,35)/t21-,23-/m0/s1. The van der Waals surface area contributed by atoms with Crippen LogP contribution in [0, 0.1) is 11.7 Å². The van der Waals surface area contributed by atoms with Crippen molar-refractivity contribution < 1.29 is 18.8 Å². The highest BCUT2D eigenvalue weighted by atomic mass is 35.5. The second-order valence-corrected chi connectivity index (χ2v) is 9.70. The third-order valence-corrected chi connectivity index (χ3v) is 6.57. The lowest BCUT2D eigenvalue weighted by Gasteiger charge is -2.55. The second kappa shape index (κ2) is 10.2. The smallest absolute Gasteiger partial charge is 0.333 e. The molecule has 2 aliphatic heterocycles. The Hall–Kier alpha value is -3.17. The molecule has 0 saturated carbocycles. The van der Waals surface area contributed by atoms with E-state index in [1.54, 1.807) is 46.1 Å². The topological polar surface area (TPSA) is 76.2 Å². The zero-order chi connectivity index (χ0) is 25.3. The lowest BCUT2D eigenvalue weighted by molar-refractivity contribution is -0.190. The van der Waals surface area contributed by atoms with E-state index in [4.69, 9.17) is 11.6 Å². The summed E-state index contributed by atoms with van der Waals surface area (Å²) in [6.45, 7) is 4.44. The molecule has 2 aromatic carbocycles. The van der Waals surface area contributed by atoms with Crippen molar-refractivity contribution in [2.75, 3.05) is 20.1 Å². The quantitative estimate of drug-likeness (QED) is 0.683. The lowest BCUT2D eigenvalue weighted by atomic mass is 9.96. The van der Waals surface area contributed by atoms with E-state index in [9.17, 15) is 18.8 Å². The highest BCUT2D eigenvalue weighted by Gasteiger charge is 2.51. The molecular formula is C25H29ClFN5O3. The Kier molecular flexibility index (Phi) is 7.28. The van der Waals surface area contributed by atoms with Gasteiger partial charge in [0.15, 0.2) is 0 Å².